The monoisotopic (exact) mass is 273 g/mol. The Balaban J connectivity index is 2.14. The molecule has 1 aromatic carbocycles. The molecule has 2 rings (SSSR count). The molecule has 1 atom stereocenters. The maximum Gasteiger partial charge on any atom is 0.132 e. The summed E-state index contributed by atoms with van der Waals surface area (Å²) in [6.45, 7) is 7.10. The molecule has 1 unspecified atom stereocenters. The Bertz CT molecular complexity index is 566. The van der Waals surface area contributed by atoms with Gasteiger partial charge in [-0.05, 0) is 38.1 Å². The highest BCUT2D eigenvalue weighted by atomic mass is 19.1. The Kier molecular flexibility index (Phi) is 4.79. The number of halogens is 1. The van der Waals surface area contributed by atoms with Crippen LogP contribution in [-0.2, 0) is 6.42 Å². The first-order chi connectivity index (χ1) is 9.60. The molecule has 20 heavy (non-hydrogen) atoms. The molecule has 1 heterocycles. The quantitative estimate of drug-likeness (QED) is 0.909. The first-order valence-corrected chi connectivity index (χ1v) is 6.90. The zero-order valence-corrected chi connectivity index (χ0v) is 12.2. The molecule has 3 nitrogen and oxygen atoms in total. The fourth-order valence-corrected chi connectivity index (χ4v) is 2.24. The topological polar surface area (TPSA) is 37.8 Å². The summed E-state index contributed by atoms with van der Waals surface area (Å²) in [6.07, 6.45) is 2.51. The van der Waals surface area contributed by atoms with Gasteiger partial charge in [-0.3, -0.25) is 0 Å². The molecule has 1 aromatic heterocycles. The van der Waals surface area contributed by atoms with Crippen molar-refractivity contribution in [3.8, 4) is 0 Å². The molecule has 106 valence electrons. The van der Waals surface area contributed by atoms with E-state index in [0.29, 0.717) is 6.42 Å². The Morgan fingerprint density at radius 1 is 1.25 bits per heavy atom. The third-order valence-electron chi connectivity index (χ3n) is 3.32. The number of hydrogen-bond donors (Lipinski definition) is 1. The smallest absolute Gasteiger partial charge is 0.132 e. The minimum absolute atomic E-state index is 0.222. The van der Waals surface area contributed by atoms with E-state index in [4.69, 9.17) is 0 Å². The number of rotatable bonds is 5. The zero-order valence-electron chi connectivity index (χ0n) is 12.2. The van der Waals surface area contributed by atoms with Gasteiger partial charge in [0.15, 0.2) is 0 Å². The van der Waals surface area contributed by atoms with Crippen molar-refractivity contribution in [3.05, 3.63) is 58.9 Å². The maximum atomic E-state index is 12.9. The molecule has 1 N–H and O–H groups in total. The summed E-state index contributed by atoms with van der Waals surface area (Å²) >= 11 is 0. The first kappa shape index (κ1) is 14.6. The van der Waals surface area contributed by atoms with Gasteiger partial charge < -0.3 is 5.32 Å². The Hall–Kier alpha value is -1.81. The van der Waals surface area contributed by atoms with E-state index in [1.165, 1.54) is 12.1 Å². The van der Waals surface area contributed by atoms with Gasteiger partial charge in [0.2, 0.25) is 0 Å². The van der Waals surface area contributed by atoms with Gasteiger partial charge >= 0.3 is 0 Å². The van der Waals surface area contributed by atoms with Crippen molar-refractivity contribution in [3.63, 3.8) is 0 Å². The van der Waals surface area contributed by atoms with Crippen molar-refractivity contribution in [2.45, 2.75) is 33.2 Å². The van der Waals surface area contributed by atoms with Gasteiger partial charge in [0.1, 0.15) is 11.6 Å². The molecular formula is C16H20FN3. The number of aryl methyl sites for hydroxylation is 1. The van der Waals surface area contributed by atoms with E-state index in [2.05, 4.69) is 29.1 Å². The van der Waals surface area contributed by atoms with Crippen molar-refractivity contribution in [1.29, 1.82) is 0 Å². The molecule has 2 aromatic rings. The molecule has 0 fully saturated rings. The lowest BCUT2D eigenvalue weighted by Crippen LogP contribution is -2.19. The van der Waals surface area contributed by atoms with Crippen molar-refractivity contribution in [2.75, 3.05) is 6.54 Å². The third kappa shape index (κ3) is 3.61. The van der Waals surface area contributed by atoms with Gasteiger partial charge in [-0.1, -0.05) is 19.1 Å². The summed E-state index contributed by atoms with van der Waals surface area (Å²) in [5.74, 6) is 0.544. The van der Waals surface area contributed by atoms with Crippen LogP contribution in [0.4, 0.5) is 4.39 Å². The molecular weight excluding hydrogens is 253 g/mol. The lowest BCUT2D eigenvalue weighted by molar-refractivity contribution is 0.588. The Morgan fingerprint density at radius 2 is 1.95 bits per heavy atom. The second-order valence-electron chi connectivity index (χ2n) is 4.91. The van der Waals surface area contributed by atoms with Crippen LogP contribution in [-0.4, -0.2) is 16.5 Å². The molecule has 0 spiro atoms. The van der Waals surface area contributed by atoms with Gasteiger partial charge in [-0.2, -0.15) is 0 Å². The van der Waals surface area contributed by atoms with Gasteiger partial charge in [0.25, 0.3) is 0 Å². The van der Waals surface area contributed by atoms with Crippen LogP contribution in [0.25, 0.3) is 0 Å². The SMILES string of the molecule is CCNC(C)c1cnc(Cc2ccc(F)cc2)nc1C. The molecule has 0 bridgehead atoms. The number of hydrogen-bond acceptors (Lipinski definition) is 3. The lowest BCUT2D eigenvalue weighted by atomic mass is 10.1. The number of nitrogens with zero attached hydrogens (tertiary/aromatic N) is 2. The summed E-state index contributed by atoms with van der Waals surface area (Å²) in [4.78, 5) is 8.97. The number of nitrogens with one attached hydrogen (secondary N) is 1. The van der Waals surface area contributed by atoms with Crippen LogP contribution < -0.4 is 5.32 Å². The van der Waals surface area contributed by atoms with Crippen LogP contribution in [0.5, 0.6) is 0 Å². The second-order valence-corrected chi connectivity index (χ2v) is 4.91. The average molecular weight is 273 g/mol. The predicted octanol–water partition coefficient (Wildman–Crippen LogP) is 3.19. The van der Waals surface area contributed by atoms with Crippen molar-refractivity contribution >= 4 is 0 Å². The summed E-state index contributed by atoms with van der Waals surface area (Å²) in [5, 5.41) is 3.36. The summed E-state index contributed by atoms with van der Waals surface area (Å²) in [7, 11) is 0. The molecule has 0 saturated heterocycles. The van der Waals surface area contributed by atoms with Crippen molar-refractivity contribution in [1.82, 2.24) is 15.3 Å². The first-order valence-electron chi connectivity index (χ1n) is 6.90. The minimum Gasteiger partial charge on any atom is -0.310 e. The highest BCUT2D eigenvalue weighted by Gasteiger charge is 2.10. The summed E-state index contributed by atoms with van der Waals surface area (Å²) in [6, 6.07) is 6.71. The molecule has 4 heteroatoms. The summed E-state index contributed by atoms with van der Waals surface area (Å²) < 4.78 is 12.9. The Morgan fingerprint density at radius 3 is 2.55 bits per heavy atom. The zero-order chi connectivity index (χ0) is 14.5. The van der Waals surface area contributed by atoms with Gasteiger partial charge in [-0.15, -0.1) is 0 Å². The van der Waals surface area contributed by atoms with Crippen LogP contribution in [0.3, 0.4) is 0 Å². The summed E-state index contributed by atoms with van der Waals surface area (Å²) in [5.41, 5.74) is 3.12. The predicted molar refractivity (Wildman–Crippen MR) is 78.1 cm³/mol. The molecule has 0 radical (unpaired) electrons. The van der Waals surface area contributed by atoms with Crippen LogP contribution >= 0.6 is 0 Å². The van der Waals surface area contributed by atoms with Gasteiger partial charge in [-0.25, -0.2) is 14.4 Å². The lowest BCUT2D eigenvalue weighted by Gasteiger charge is -2.15. The average Bonchev–Trinajstić information content (AvgIpc) is 2.42. The maximum absolute atomic E-state index is 12.9. The van der Waals surface area contributed by atoms with E-state index < -0.39 is 0 Å². The van der Waals surface area contributed by atoms with E-state index >= 15 is 0 Å². The molecule has 0 aliphatic carbocycles. The molecule has 0 aliphatic rings. The number of aromatic nitrogens is 2. The van der Waals surface area contributed by atoms with Gasteiger partial charge in [0.05, 0.1) is 0 Å². The second kappa shape index (κ2) is 6.57. The van der Waals surface area contributed by atoms with Crippen LogP contribution in [0.15, 0.2) is 30.5 Å². The van der Waals surface area contributed by atoms with Crippen molar-refractivity contribution in [2.24, 2.45) is 0 Å². The van der Waals surface area contributed by atoms with E-state index in [-0.39, 0.29) is 11.9 Å². The van der Waals surface area contributed by atoms with Crippen LogP contribution in [0.2, 0.25) is 0 Å². The van der Waals surface area contributed by atoms with Crippen LogP contribution in [0.1, 0.15) is 42.5 Å². The van der Waals surface area contributed by atoms with Crippen molar-refractivity contribution < 1.29 is 4.39 Å². The highest BCUT2D eigenvalue weighted by Crippen LogP contribution is 2.15. The van der Waals surface area contributed by atoms with E-state index in [1.807, 2.05) is 13.1 Å². The molecule has 0 saturated carbocycles. The Labute approximate surface area is 119 Å². The number of benzene rings is 1. The normalized spacial score (nSPS) is 12.4. The van der Waals surface area contributed by atoms with E-state index in [9.17, 15) is 4.39 Å². The standard InChI is InChI=1S/C16H20FN3/c1-4-18-11(2)15-10-19-16(20-12(15)3)9-13-5-7-14(17)8-6-13/h5-8,10-11,18H,4,9H2,1-3H3. The van der Waals surface area contributed by atoms with Crippen LogP contribution in [0, 0.1) is 12.7 Å². The fraction of sp³-hybridized carbons (Fsp3) is 0.375. The van der Waals surface area contributed by atoms with E-state index in [0.717, 1.165) is 29.2 Å². The minimum atomic E-state index is -0.222. The molecule has 0 aliphatic heterocycles. The van der Waals surface area contributed by atoms with Gasteiger partial charge in [0, 0.05) is 29.9 Å². The van der Waals surface area contributed by atoms with E-state index in [1.54, 1.807) is 12.1 Å². The molecule has 0 amide bonds. The third-order valence-corrected chi connectivity index (χ3v) is 3.32. The fourth-order valence-electron chi connectivity index (χ4n) is 2.24. The highest BCUT2D eigenvalue weighted by molar-refractivity contribution is 5.23. The largest absolute Gasteiger partial charge is 0.310 e.